The number of halogens is 2. The summed E-state index contributed by atoms with van der Waals surface area (Å²) < 4.78 is 27.4. The Morgan fingerprint density at radius 3 is 2.25 bits per heavy atom. The Kier molecular flexibility index (Phi) is 7.91. The first-order valence-corrected chi connectivity index (χ1v) is 9.54. The number of carbonyl (C=O) groups is 2. The fourth-order valence-electron chi connectivity index (χ4n) is 3.45. The van der Waals surface area contributed by atoms with Crippen molar-refractivity contribution < 1.29 is 23.5 Å². The van der Waals surface area contributed by atoms with Crippen LogP contribution in [0, 0.1) is 11.8 Å². The minimum absolute atomic E-state index is 0.00578. The molecule has 0 spiro atoms. The van der Waals surface area contributed by atoms with Gasteiger partial charge in [0.2, 0.25) is 0 Å². The Balaban J connectivity index is 3.21. The van der Waals surface area contributed by atoms with Crippen LogP contribution in [0.25, 0.3) is 0 Å². The van der Waals surface area contributed by atoms with Crippen molar-refractivity contribution in [3.8, 4) is 0 Å². The number of hydrogen-bond donors (Lipinski definition) is 1. The summed E-state index contributed by atoms with van der Waals surface area (Å²) in [7, 11) is 1.74. The lowest BCUT2D eigenvalue weighted by Crippen LogP contribution is -2.34. The second-order valence-electron chi connectivity index (χ2n) is 7.43. The molecule has 0 amide bonds. The van der Waals surface area contributed by atoms with E-state index in [1.807, 2.05) is 20.8 Å². The monoisotopic (exact) mass is 395 g/mol. The van der Waals surface area contributed by atoms with E-state index in [2.05, 4.69) is 6.58 Å². The standard InChI is InChI=1S/C22H31F2NO3/c1-8-13(3)19(11-10-18(15(5)26)22(6,23)24)25(7)12-17-20(27)14(4)16(9-2)21(17)28/h10-11,13,17,26H,5,8-9,12H2,1-4,6-7H3/b18-10+,19-11+. The largest absolute Gasteiger partial charge is 0.508 e. The highest BCUT2D eigenvalue weighted by molar-refractivity contribution is 6.24. The highest BCUT2D eigenvalue weighted by Gasteiger charge is 2.38. The minimum Gasteiger partial charge on any atom is -0.508 e. The van der Waals surface area contributed by atoms with Crippen molar-refractivity contribution in [1.29, 1.82) is 0 Å². The Labute approximate surface area is 166 Å². The zero-order chi connectivity index (χ0) is 21.8. The number of carbonyl (C=O) groups excluding carboxylic acids is 2. The summed E-state index contributed by atoms with van der Waals surface area (Å²) in [6.07, 6.45) is 3.92. The van der Waals surface area contributed by atoms with Gasteiger partial charge >= 0.3 is 0 Å². The summed E-state index contributed by atoms with van der Waals surface area (Å²) in [5.41, 5.74) is 1.22. The molecule has 0 bridgehead atoms. The molecule has 0 saturated heterocycles. The van der Waals surface area contributed by atoms with Gasteiger partial charge in [-0.3, -0.25) is 9.59 Å². The molecule has 0 fully saturated rings. The van der Waals surface area contributed by atoms with Crippen LogP contribution >= 0.6 is 0 Å². The first-order chi connectivity index (χ1) is 12.9. The van der Waals surface area contributed by atoms with Gasteiger partial charge in [0.05, 0.1) is 5.57 Å². The van der Waals surface area contributed by atoms with E-state index >= 15 is 0 Å². The van der Waals surface area contributed by atoms with Crippen LogP contribution in [-0.4, -0.2) is 41.1 Å². The number of allylic oxidation sites excluding steroid dienone is 6. The number of Topliss-reactive ketones (excluding diaryl/α,β-unsaturated/α-hetero) is 2. The third-order valence-electron chi connectivity index (χ3n) is 5.33. The molecule has 2 unspecified atom stereocenters. The highest BCUT2D eigenvalue weighted by Crippen LogP contribution is 2.31. The fraction of sp³-hybridized carbons (Fsp3) is 0.545. The van der Waals surface area contributed by atoms with Gasteiger partial charge in [0.1, 0.15) is 11.7 Å². The van der Waals surface area contributed by atoms with Crippen LogP contribution < -0.4 is 0 Å². The van der Waals surface area contributed by atoms with Crippen LogP contribution in [-0.2, 0) is 9.59 Å². The second kappa shape index (κ2) is 9.30. The molecule has 0 aromatic rings. The van der Waals surface area contributed by atoms with Crippen LogP contribution in [0.4, 0.5) is 8.78 Å². The molecular weight excluding hydrogens is 364 g/mol. The molecule has 0 saturated carbocycles. The normalized spacial score (nSPS) is 20.1. The summed E-state index contributed by atoms with van der Waals surface area (Å²) in [5.74, 6) is -5.01. The number of alkyl halides is 2. The van der Waals surface area contributed by atoms with E-state index < -0.39 is 23.2 Å². The summed E-state index contributed by atoms with van der Waals surface area (Å²) in [6, 6.07) is 0. The van der Waals surface area contributed by atoms with Crippen molar-refractivity contribution >= 4 is 11.6 Å². The van der Waals surface area contributed by atoms with Gasteiger partial charge < -0.3 is 10.0 Å². The number of nitrogens with zero attached hydrogens (tertiary/aromatic N) is 1. The molecule has 0 aromatic heterocycles. The molecule has 2 atom stereocenters. The lowest BCUT2D eigenvalue weighted by molar-refractivity contribution is -0.127. The van der Waals surface area contributed by atoms with E-state index in [1.54, 1.807) is 18.9 Å². The molecule has 0 aromatic carbocycles. The van der Waals surface area contributed by atoms with E-state index in [4.69, 9.17) is 0 Å². The van der Waals surface area contributed by atoms with Crippen LogP contribution in [0.3, 0.4) is 0 Å². The van der Waals surface area contributed by atoms with Crippen LogP contribution in [0.5, 0.6) is 0 Å². The molecular formula is C22H31F2NO3. The topological polar surface area (TPSA) is 57.6 Å². The number of hydrogen-bond acceptors (Lipinski definition) is 4. The quantitative estimate of drug-likeness (QED) is 0.339. The molecule has 28 heavy (non-hydrogen) atoms. The van der Waals surface area contributed by atoms with Gasteiger partial charge in [-0.1, -0.05) is 27.4 Å². The minimum atomic E-state index is -3.24. The number of rotatable bonds is 9. The Morgan fingerprint density at radius 2 is 1.86 bits per heavy atom. The van der Waals surface area contributed by atoms with Crippen LogP contribution in [0.1, 0.15) is 47.5 Å². The van der Waals surface area contributed by atoms with Gasteiger partial charge in [0, 0.05) is 31.8 Å². The first kappa shape index (κ1) is 23.8. The van der Waals surface area contributed by atoms with E-state index in [9.17, 15) is 23.5 Å². The molecule has 4 nitrogen and oxygen atoms in total. The third-order valence-corrected chi connectivity index (χ3v) is 5.33. The molecule has 156 valence electrons. The zero-order valence-electron chi connectivity index (χ0n) is 17.6. The van der Waals surface area contributed by atoms with E-state index in [0.29, 0.717) is 30.2 Å². The summed E-state index contributed by atoms with van der Waals surface area (Å²) >= 11 is 0. The maximum Gasteiger partial charge on any atom is 0.274 e. The SMILES string of the molecule is C=C(O)/C(=C\C=C(/C(C)CC)N(C)CC1C(=O)C(C)=C(CC)C1=O)C(C)(F)F. The summed E-state index contributed by atoms with van der Waals surface area (Å²) in [5, 5.41) is 9.50. The number of ketones is 2. The average molecular weight is 395 g/mol. The fourth-order valence-corrected chi connectivity index (χ4v) is 3.45. The predicted molar refractivity (Wildman–Crippen MR) is 107 cm³/mol. The van der Waals surface area contributed by atoms with Crippen molar-refractivity contribution in [2.45, 2.75) is 53.4 Å². The molecule has 1 N–H and O–H groups in total. The lowest BCUT2D eigenvalue weighted by atomic mass is 9.97. The van der Waals surface area contributed by atoms with E-state index in [1.165, 1.54) is 6.08 Å². The molecule has 0 heterocycles. The van der Waals surface area contributed by atoms with Crippen molar-refractivity contribution in [2.75, 3.05) is 13.6 Å². The Hall–Kier alpha value is -2.24. The lowest BCUT2D eigenvalue weighted by Gasteiger charge is -2.29. The Bertz CT molecular complexity index is 741. The molecule has 1 rings (SSSR count). The maximum absolute atomic E-state index is 13.7. The van der Waals surface area contributed by atoms with Gasteiger partial charge in [-0.2, -0.15) is 0 Å². The number of aliphatic hydroxyl groups excluding tert-OH is 1. The molecule has 0 radical (unpaired) electrons. The third kappa shape index (κ3) is 5.18. The summed E-state index contributed by atoms with van der Waals surface area (Å²) in [4.78, 5) is 26.8. The van der Waals surface area contributed by atoms with Gasteiger partial charge in [-0.05, 0) is 43.4 Å². The van der Waals surface area contributed by atoms with Crippen LogP contribution in [0.2, 0.25) is 0 Å². The first-order valence-electron chi connectivity index (χ1n) is 9.54. The molecule has 1 aliphatic carbocycles. The smallest absolute Gasteiger partial charge is 0.274 e. The van der Waals surface area contributed by atoms with E-state index in [0.717, 1.165) is 12.5 Å². The zero-order valence-corrected chi connectivity index (χ0v) is 17.6. The molecule has 1 aliphatic rings. The number of aliphatic hydroxyl groups is 1. The van der Waals surface area contributed by atoms with Crippen molar-refractivity contribution in [2.24, 2.45) is 11.8 Å². The highest BCUT2D eigenvalue weighted by atomic mass is 19.3. The van der Waals surface area contributed by atoms with Crippen LogP contribution in [0.15, 0.2) is 46.9 Å². The van der Waals surface area contributed by atoms with E-state index in [-0.39, 0.29) is 24.0 Å². The van der Waals surface area contributed by atoms with Crippen molar-refractivity contribution in [1.82, 2.24) is 4.90 Å². The van der Waals surface area contributed by atoms with Gasteiger partial charge in [-0.15, -0.1) is 0 Å². The van der Waals surface area contributed by atoms with Crippen molar-refractivity contribution in [3.63, 3.8) is 0 Å². The Morgan fingerprint density at radius 1 is 1.29 bits per heavy atom. The predicted octanol–water partition coefficient (Wildman–Crippen LogP) is 5.00. The average Bonchev–Trinajstić information content (AvgIpc) is 2.79. The summed E-state index contributed by atoms with van der Waals surface area (Å²) in [6.45, 7) is 11.5. The molecule has 6 heteroatoms. The van der Waals surface area contributed by atoms with Crippen molar-refractivity contribution in [3.05, 3.63) is 46.9 Å². The second-order valence-corrected chi connectivity index (χ2v) is 7.43. The van der Waals surface area contributed by atoms with Gasteiger partial charge in [0.15, 0.2) is 11.6 Å². The molecule has 0 aliphatic heterocycles. The van der Waals surface area contributed by atoms with Gasteiger partial charge in [-0.25, -0.2) is 8.78 Å². The van der Waals surface area contributed by atoms with Gasteiger partial charge in [0.25, 0.3) is 5.92 Å². The maximum atomic E-state index is 13.7.